The van der Waals surface area contributed by atoms with Crippen LogP contribution < -0.4 is 5.32 Å². The van der Waals surface area contributed by atoms with Crippen LogP contribution in [0, 0.1) is 5.82 Å². The van der Waals surface area contributed by atoms with Gasteiger partial charge in [-0.3, -0.25) is 5.10 Å². The third kappa shape index (κ3) is 5.78. The van der Waals surface area contributed by atoms with E-state index in [1.54, 1.807) is 30.5 Å². The van der Waals surface area contributed by atoms with Gasteiger partial charge in [0.25, 0.3) is 0 Å². The average molecular weight is 484 g/mol. The maximum Gasteiger partial charge on any atom is 0.216 e. The second-order valence-corrected chi connectivity index (χ2v) is 5.74. The lowest BCUT2D eigenvalue weighted by atomic mass is 10.2. The minimum Gasteiger partial charge on any atom is -0.461 e. The number of aromatic nitrogens is 3. The first kappa shape index (κ1) is 20.9. The predicted molar refractivity (Wildman–Crippen MR) is 112 cm³/mol. The Morgan fingerprint density at radius 1 is 1.30 bits per heavy atom. The molecule has 0 aliphatic heterocycles. The molecule has 0 bridgehead atoms. The highest BCUT2D eigenvalue weighted by molar-refractivity contribution is 14.0. The molecule has 0 unspecified atom stereocenters. The first-order valence-corrected chi connectivity index (χ1v) is 8.34. The molecular weight excluding hydrogens is 462 g/mol. The Balaban J connectivity index is 0.00000261. The van der Waals surface area contributed by atoms with Crippen molar-refractivity contribution < 1.29 is 8.81 Å². The number of nitrogens with one attached hydrogen (secondary N) is 2. The quantitative estimate of drug-likeness (QED) is 0.319. The fraction of sp³-hybridized carbons (Fsp3) is 0.278. The van der Waals surface area contributed by atoms with Gasteiger partial charge in [-0.1, -0.05) is 12.1 Å². The second-order valence-electron chi connectivity index (χ2n) is 5.74. The molecule has 27 heavy (non-hydrogen) atoms. The van der Waals surface area contributed by atoms with Gasteiger partial charge in [0, 0.05) is 20.1 Å². The van der Waals surface area contributed by atoms with Gasteiger partial charge in [-0.15, -0.1) is 29.1 Å². The maximum absolute atomic E-state index is 13.0. The summed E-state index contributed by atoms with van der Waals surface area (Å²) in [6, 6.07) is 10.0. The van der Waals surface area contributed by atoms with Gasteiger partial charge < -0.3 is 14.6 Å². The number of H-pyrrole nitrogens is 1. The molecule has 9 heteroatoms. The summed E-state index contributed by atoms with van der Waals surface area (Å²) >= 11 is 0. The highest BCUT2D eigenvalue weighted by Crippen LogP contribution is 2.14. The van der Waals surface area contributed by atoms with Crippen molar-refractivity contribution in [1.29, 1.82) is 0 Å². The number of furan rings is 1. The summed E-state index contributed by atoms with van der Waals surface area (Å²) in [6.07, 6.45) is 1.58. The van der Waals surface area contributed by atoms with E-state index >= 15 is 0 Å². The summed E-state index contributed by atoms with van der Waals surface area (Å²) in [4.78, 5) is 10.9. The van der Waals surface area contributed by atoms with Gasteiger partial charge in [-0.2, -0.15) is 0 Å². The van der Waals surface area contributed by atoms with Crippen molar-refractivity contribution in [3.05, 3.63) is 59.9 Å². The maximum atomic E-state index is 13.0. The molecule has 0 radical (unpaired) electrons. The molecule has 0 saturated heterocycles. The smallest absolute Gasteiger partial charge is 0.216 e. The van der Waals surface area contributed by atoms with Crippen LogP contribution in [0.2, 0.25) is 0 Å². The van der Waals surface area contributed by atoms with E-state index in [1.165, 1.54) is 12.1 Å². The zero-order valence-corrected chi connectivity index (χ0v) is 17.5. The SMILES string of the molecule is CCNC(=NCc1nc(-c2ccco2)n[nH]1)N(C)Cc1ccc(F)cc1.I. The van der Waals surface area contributed by atoms with E-state index in [4.69, 9.17) is 4.42 Å². The highest BCUT2D eigenvalue weighted by Gasteiger charge is 2.10. The van der Waals surface area contributed by atoms with Gasteiger partial charge in [0.2, 0.25) is 5.82 Å². The summed E-state index contributed by atoms with van der Waals surface area (Å²) in [5, 5.41) is 10.2. The molecule has 0 fully saturated rings. The number of benzene rings is 1. The summed E-state index contributed by atoms with van der Waals surface area (Å²) in [5.41, 5.74) is 0.999. The first-order valence-electron chi connectivity index (χ1n) is 8.34. The Morgan fingerprint density at radius 2 is 2.07 bits per heavy atom. The third-order valence-electron chi connectivity index (χ3n) is 3.68. The Bertz CT molecular complexity index is 847. The Kier molecular flexibility index (Phi) is 7.77. The summed E-state index contributed by atoms with van der Waals surface area (Å²) in [5.74, 6) is 2.24. The van der Waals surface area contributed by atoms with Crippen LogP contribution in [0.25, 0.3) is 11.6 Å². The van der Waals surface area contributed by atoms with Crippen molar-refractivity contribution >= 4 is 29.9 Å². The number of aromatic amines is 1. The van der Waals surface area contributed by atoms with Crippen molar-refractivity contribution in [2.45, 2.75) is 20.0 Å². The monoisotopic (exact) mass is 484 g/mol. The Labute approximate surface area is 174 Å². The molecule has 2 aromatic heterocycles. The van der Waals surface area contributed by atoms with Crippen LogP contribution in [-0.4, -0.2) is 39.6 Å². The topological polar surface area (TPSA) is 82.3 Å². The summed E-state index contributed by atoms with van der Waals surface area (Å²) < 4.78 is 18.3. The molecular formula is C18H22FIN6O. The van der Waals surface area contributed by atoms with Crippen LogP contribution in [0.1, 0.15) is 18.3 Å². The number of aliphatic imine (C=N–C) groups is 1. The van der Waals surface area contributed by atoms with Gasteiger partial charge >= 0.3 is 0 Å². The number of halogens is 2. The second kappa shape index (κ2) is 10.0. The van der Waals surface area contributed by atoms with E-state index in [9.17, 15) is 4.39 Å². The average Bonchev–Trinajstić information content (AvgIpc) is 3.32. The third-order valence-corrected chi connectivity index (χ3v) is 3.68. The largest absolute Gasteiger partial charge is 0.461 e. The van der Waals surface area contributed by atoms with Crippen LogP contribution in [0.5, 0.6) is 0 Å². The van der Waals surface area contributed by atoms with E-state index in [1.807, 2.05) is 18.9 Å². The molecule has 1 aromatic carbocycles. The fourth-order valence-electron chi connectivity index (χ4n) is 2.44. The normalized spacial score (nSPS) is 11.1. The molecule has 0 aliphatic rings. The highest BCUT2D eigenvalue weighted by atomic mass is 127. The molecule has 0 spiro atoms. The number of nitrogens with zero attached hydrogens (tertiary/aromatic N) is 4. The van der Waals surface area contributed by atoms with E-state index < -0.39 is 0 Å². The lowest BCUT2D eigenvalue weighted by Gasteiger charge is -2.22. The molecule has 2 heterocycles. The van der Waals surface area contributed by atoms with Gasteiger partial charge in [-0.05, 0) is 36.8 Å². The summed E-state index contributed by atoms with van der Waals surface area (Å²) in [7, 11) is 1.93. The van der Waals surface area contributed by atoms with Gasteiger partial charge in [0.15, 0.2) is 11.7 Å². The molecule has 0 aliphatic carbocycles. The molecule has 7 nitrogen and oxygen atoms in total. The lowest BCUT2D eigenvalue weighted by Crippen LogP contribution is -2.38. The molecule has 3 rings (SSSR count). The molecule has 0 atom stereocenters. The van der Waals surface area contributed by atoms with Gasteiger partial charge in [-0.25, -0.2) is 14.4 Å². The number of hydrogen-bond donors (Lipinski definition) is 2. The van der Waals surface area contributed by atoms with Crippen molar-refractivity contribution in [1.82, 2.24) is 25.4 Å². The van der Waals surface area contributed by atoms with Crippen LogP contribution >= 0.6 is 24.0 Å². The molecule has 2 N–H and O–H groups in total. The predicted octanol–water partition coefficient (Wildman–Crippen LogP) is 3.42. The zero-order valence-electron chi connectivity index (χ0n) is 15.1. The van der Waals surface area contributed by atoms with Crippen LogP contribution in [-0.2, 0) is 13.1 Å². The van der Waals surface area contributed by atoms with Crippen molar-refractivity contribution in [3.63, 3.8) is 0 Å². The van der Waals surface area contributed by atoms with Crippen molar-refractivity contribution in [2.75, 3.05) is 13.6 Å². The van der Waals surface area contributed by atoms with Crippen molar-refractivity contribution in [3.8, 4) is 11.6 Å². The van der Waals surface area contributed by atoms with Crippen LogP contribution in [0.4, 0.5) is 4.39 Å². The van der Waals surface area contributed by atoms with Crippen LogP contribution in [0.3, 0.4) is 0 Å². The Hall–Kier alpha value is -2.43. The van der Waals surface area contributed by atoms with Crippen molar-refractivity contribution in [2.24, 2.45) is 4.99 Å². The standard InChI is InChI=1S/C18H21FN6O.HI/c1-3-20-18(25(2)12-13-6-8-14(19)9-7-13)21-11-16-22-17(24-23-16)15-5-4-10-26-15;/h4-10H,3,11-12H2,1-2H3,(H,20,21)(H,22,23,24);1H. The first-order chi connectivity index (χ1) is 12.7. The van der Waals surface area contributed by atoms with E-state index in [0.717, 1.165) is 18.1 Å². The molecule has 144 valence electrons. The fourth-order valence-corrected chi connectivity index (χ4v) is 2.44. The van der Waals surface area contributed by atoms with Crippen LogP contribution in [0.15, 0.2) is 52.1 Å². The van der Waals surface area contributed by atoms with E-state index in [-0.39, 0.29) is 29.8 Å². The van der Waals surface area contributed by atoms with E-state index in [0.29, 0.717) is 30.5 Å². The number of hydrogen-bond acceptors (Lipinski definition) is 4. The Morgan fingerprint density at radius 3 is 2.74 bits per heavy atom. The lowest BCUT2D eigenvalue weighted by molar-refractivity contribution is 0.475. The zero-order chi connectivity index (χ0) is 18.4. The number of guanidine groups is 1. The minimum absolute atomic E-state index is 0. The molecule has 3 aromatic rings. The summed E-state index contributed by atoms with van der Waals surface area (Å²) in [6.45, 7) is 3.70. The molecule has 0 saturated carbocycles. The minimum atomic E-state index is -0.241. The van der Waals surface area contributed by atoms with E-state index in [2.05, 4.69) is 25.5 Å². The molecule has 0 amide bonds. The van der Waals surface area contributed by atoms with Gasteiger partial charge in [0.1, 0.15) is 18.2 Å². The van der Waals surface area contributed by atoms with Gasteiger partial charge in [0.05, 0.1) is 6.26 Å². The number of rotatable bonds is 6.